The standard InChI is InChI=1S/C18H21FN2P2.C2H6/c1-12-3-7-14(8-4-12)16-11-17(18(19,22)23)20-21(16)15-9-5-13(2)6-10-15;1-2/h3-11,17,20H,22-23H2,1-2H3;1-2H3. The van der Waals surface area contributed by atoms with Crippen LogP contribution in [0.4, 0.5) is 10.1 Å². The average molecular weight is 376 g/mol. The van der Waals surface area contributed by atoms with Crippen LogP contribution < -0.4 is 10.4 Å². The molecule has 3 atom stereocenters. The number of hydrazine groups is 1. The number of nitrogens with one attached hydrogen (secondary N) is 1. The summed E-state index contributed by atoms with van der Waals surface area (Å²) in [6.07, 6.45) is 1.94. The van der Waals surface area contributed by atoms with Gasteiger partial charge in [0.1, 0.15) is 0 Å². The van der Waals surface area contributed by atoms with E-state index in [1.807, 2.05) is 37.1 Å². The predicted octanol–water partition coefficient (Wildman–Crippen LogP) is 5.44. The Kier molecular flexibility index (Phi) is 6.74. The van der Waals surface area contributed by atoms with Crippen LogP contribution in [0.5, 0.6) is 0 Å². The molecule has 2 aromatic rings. The summed E-state index contributed by atoms with van der Waals surface area (Å²) in [7, 11) is 4.49. The Hall–Kier alpha value is -1.27. The molecule has 2 aromatic carbocycles. The van der Waals surface area contributed by atoms with Crippen LogP contribution in [0, 0.1) is 13.8 Å². The fourth-order valence-corrected chi connectivity index (χ4v) is 2.90. The topological polar surface area (TPSA) is 15.3 Å². The zero-order valence-electron chi connectivity index (χ0n) is 15.3. The molecule has 0 fully saturated rings. The van der Waals surface area contributed by atoms with Gasteiger partial charge in [-0.25, -0.2) is 9.82 Å². The van der Waals surface area contributed by atoms with Gasteiger partial charge < -0.3 is 0 Å². The van der Waals surface area contributed by atoms with Crippen molar-refractivity contribution in [3.8, 4) is 0 Å². The fraction of sp³-hybridized carbons (Fsp3) is 0.300. The van der Waals surface area contributed by atoms with Crippen LogP contribution in [0.15, 0.2) is 54.6 Å². The molecule has 2 nitrogen and oxygen atoms in total. The third-order valence-electron chi connectivity index (χ3n) is 3.95. The number of halogens is 1. The molecule has 0 saturated carbocycles. The number of hydrogen-bond donors (Lipinski definition) is 1. The summed E-state index contributed by atoms with van der Waals surface area (Å²) in [4.78, 5) is 0. The average Bonchev–Trinajstić information content (AvgIpc) is 3.04. The van der Waals surface area contributed by atoms with Crippen LogP contribution in [0.1, 0.15) is 30.5 Å². The van der Waals surface area contributed by atoms with Gasteiger partial charge in [0, 0.05) is 0 Å². The summed E-state index contributed by atoms with van der Waals surface area (Å²) in [5, 5.41) is 0.451. The third-order valence-corrected chi connectivity index (χ3v) is 4.67. The van der Waals surface area contributed by atoms with Crippen LogP contribution >= 0.6 is 18.5 Å². The molecule has 1 aliphatic rings. The van der Waals surface area contributed by atoms with Crippen LogP contribution in [-0.4, -0.2) is 11.2 Å². The number of hydrogen-bond acceptors (Lipinski definition) is 2. The van der Waals surface area contributed by atoms with Crippen molar-refractivity contribution in [3.05, 3.63) is 71.3 Å². The van der Waals surface area contributed by atoms with E-state index in [4.69, 9.17) is 0 Å². The quantitative estimate of drug-likeness (QED) is 0.718. The number of alkyl halides is 1. The van der Waals surface area contributed by atoms with E-state index in [2.05, 4.69) is 74.2 Å². The first-order valence-electron chi connectivity index (χ1n) is 8.53. The van der Waals surface area contributed by atoms with Gasteiger partial charge in [0.15, 0.2) is 5.15 Å². The monoisotopic (exact) mass is 376 g/mol. The van der Waals surface area contributed by atoms with Crippen molar-refractivity contribution in [1.29, 1.82) is 0 Å². The second-order valence-corrected chi connectivity index (χ2v) is 8.46. The van der Waals surface area contributed by atoms with Gasteiger partial charge in [-0.15, -0.1) is 0 Å². The molecular formula is C20H27FN2P2. The lowest BCUT2D eigenvalue weighted by Crippen LogP contribution is -2.43. The predicted molar refractivity (Wildman–Crippen MR) is 114 cm³/mol. The van der Waals surface area contributed by atoms with Crippen molar-refractivity contribution >= 4 is 29.9 Å². The van der Waals surface area contributed by atoms with E-state index >= 15 is 0 Å². The zero-order valence-corrected chi connectivity index (χ0v) is 17.6. The highest BCUT2D eigenvalue weighted by atomic mass is 31.1. The third kappa shape index (κ3) is 4.88. The number of nitrogens with zero attached hydrogens (tertiary/aromatic N) is 1. The van der Waals surface area contributed by atoms with Crippen LogP contribution in [-0.2, 0) is 0 Å². The number of anilines is 1. The lowest BCUT2D eigenvalue weighted by molar-refractivity contribution is 0.351. The lowest BCUT2D eigenvalue weighted by Gasteiger charge is -2.27. The molecular weight excluding hydrogens is 349 g/mol. The molecule has 1 aliphatic heterocycles. The normalized spacial score (nSPS) is 17.0. The molecule has 0 saturated heterocycles. The molecule has 25 heavy (non-hydrogen) atoms. The Morgan fingerprint density at radius 2 is 1.40 bits per heavy atom. The maximum atomic E-state index is 14.4. The molecule has 3 rings (SSSR count). The summed E-state index contributed by atoms with van der Waals surface area (Å²) in [5.41, 5.74) is 8.67. The molecule has 0 aromatic heterocycles. The first-order chi connectivity index (χ1) is 11.8. The number of benzene rings is 2. The van der Waals surface area contributed by atoms with Gasteiger partial charge in [-0.1, -0.05) is 79.9 Å². The summed E-state index contributed by atoms with van der Waals surface area (Å²) < 4.78 is 14.4. The van der Waals surface area contributed by atoms with Crippen molar-refractivity contribution in [2.45, 2.75) is 38.9 Å². The van der Waals surface area contributed by atoms with E-state index in [9.17, 15) is 4.39 Å². The maximum Gasteiger partial charge on any atom is 0.156 e. The van der Waals surface area contributed by atoms with E-state index in [1.54, 1.807) is 0 Å². The highest BCUT2D eigenvalue weighted by Gasteiger charge is 2.36. The van der Waals surface area contributed by atoms with E-state index in [-0.39, 0.29) is 0 Å². The van der Waals surface area contributed by atoms with Gasteiger partial charge >= 0.3 is 0 Å². The van der Waals surface area contributed by atoms with Gasteiger partial charge in [-0.05, 0) is 37.6 Å². The fourth-order valence-electron chi connectivity index (χ4n) is 2.56. The van der Waals surface area contributed by atoms with Crippen molar-refractivity contribution in [2.75, 3.05) is 5.01 Å². The molecule has 0 amide bonds. The first kappa shape index (κ1) is 20.0. The maximum absolute atomic E-state index is 14.4. The second kappa shape index (κ2) is 8.41. The van der Waals surface area contributed by atoms with Crippen molar-refractivity contribution < 1.29 is 4.39 Å². The van der Waals surface area contributed by atoms with Gasteiger partial charge in [-0.2, -0.15) is 0 Å². The highest BCUT2D eigenvalue weighted by molar-refractivity contribution is 7.39. The first-order valence-corrected chi connectivity index (χ1v) is 9.68. The van der Waals surface area contributed by atoms with Crippen molar-refractivity contribution in [3.63, 3.8) is 0 Å². The molecule has 3 unspecified atom stereocenters. The molecule has 1 N–H and O–H groups in total. The molecule has 0 bridgehead atoms. The lowest BCUT2D eigenvalue weighted by atomic mass is 10.1. The number of rotatable bonds is 3. The Morgan fingerprint density at radius 3 is 1.88 bits per heavy atom. The highest BCUT2D eigenvalue weighted by Crippen LogP contribution is 2.39. The van der Waals surface area contributed by atoms with Crippen molar-refractivity contribution in [1.82, 2.24) is 5.43 Å². The van der Waals surface area contributed by atoms with Gasteiger partial charge in [-0.3, -0.25) is 5.01 Å². The molecule has 0 radical (unpaired) electrons. The SMILES string of the molecule is CC.Cc1ccc(C2=CC(C(F)(P)P)NN2c2ccc(C)cc2)cc1. The second-order valence-electron chi connectivity index (χ2n) is 6.02. The Bertz CT molecular complexity index is 719. The minimum Gasteiger partial charge on any atom is -0.276 e. The molecule has 1 heterocycles. The smallest absolute Gasteiger partial charge is 0.156 e. The molecule has 0 aliphatic carbocycles. The summed E-state index contributed by atoms with van der Waals surface area (Å²) >= 11 is 0. The Labute approximate surface area is 155 Å². The van der Waals surface area contributed by atoms with Gasteiger partial charge in [0.2, 0.25) is 0 Å². The Balaban J connectivity index is 0.00000109. The minimum absolute atomic E-state index is 0.435. The van der Waals surface area contributed by atoms with E-state index in [0.717, 1.165) is 16.9 Å². The van der Waals surface area contributed by atoms with E-state index in [1.165, 1.54) is 11.1 Å². The number of aryl methyl sites for hydroxylation is 2. The van der Waals surface area contributed by atoms with E-state index in [0.29, 0.717) is 0 Å². The largest absolute Gasteiger partial charge is 0.276 e. The van der Waals surface area contributed by atoms with E-state index < -0.39 is 11.2 Å². The Morgan fingerprint density at radius 1 is 0.920 bits per heavy atom. The molecule has 0 spiro atoms. The van der Waals surface area contributed by atoms with Crippen molar-refractivity contribution in [2.24, 2.45) is 0 Å². The summed E-state index contributed by atoms with van der Waals surface area (Å²) in [6.45, 7) is 8.11. The van der Waals surface area contributed by atoms with Gasteiger partial charge in [0.25, 0.3) is 0 Å². The summed E-state index contributed by atoms with van der Waals surface area (Å²) in [5.74, 6) is 0. The summed E-state index contributed by atoms with van der Waals surface area (Å²) in [6, 6.07) is 16.0. The van der Waals surface area contributed by atoms with Crippen LogP contribution in [0.25, 0.3) is 5.70 Å². The van der Waals surface area contributed by atoms with Crippen LogP contribution in [0.3, 0.4) is 0 Å². The molecule has 5 heteroatoms. The minimum atomic E-state index is -1.50. The van der Waals surface area contributed by atoms with Crippen LogP contribution in [0.2, 0.25) is 0 Å². The van der Waals surface area contributed by atoms with Gasteiger partial charge in [0.05, 0.1) is 17.4 Å². The molecule has 134 valence electrons. The zero-order chi connectivity index (χ0) is 18.6.